The number of nitriles is 1. The van der Waals surface area contributed by atoms with Crippen LogP contribution in [0.2, 0.25) is 0 Å². The topological polar surface area (TPSA) is 118 Å². The molecule has 0 radical (unpaired) electrons. The van der Waals surface area contributed by atoms with Crippen molar-refractivity contribution in [2.75, 3.05) is 0 Å². The van der Waals surface area contributed by atoms with Gasteiger partial charge in [-0.05, 0) is 36.4 Å². The van der Waals surface area contributed by atoms with Crippen LogP contribution in [-0.4, -0.2) is 16.8 Å². The summed E-state index contributed by atoms with van der Waals surface area (Å²) in [6, 6.07) is 15.1. The fraction of sp³-hybridized carbons (Fsp3) is 0. The van der Waals surface area contributed by atoms with Crippen LogP contribution < -0.4 is 5.14 Å². The lowest BCUT2D eigenvalue weighted by Crippen LogP contribution is -2.11. The van der Waals surface area contributed by atoms with E-state index in [0.29, 0.717) is 5.56 Å². The fourth-order valence-electron chi connectivity index (χ4n) is 1.30. The highest BCUT2D eigenvalue weighted by Gasteiger charge is 2.08. The summed E-state index contributed by atoms with van der Waals surface area (Å²) in [7, 11) is -2.12. The second kappa shape index (κ2) is 7.38. The summed E-state index contributed by atoms with van der Waals surface area (Å²) < 4.78 is 42.7. The maximum Gasteiger partial charge on any atom is 0.261 e. The van der Waals surface area contributed by atoms with E-state index in [0.717, 1.165) is 0 Å². The Morgan fingerprint density at radius 3 is 1.68 bits per heavy atom. The first kappa shape index (κ1) is 18.1. The number of sulfonamides is 1. The first-order chi connectivity index (χ1) is 10.1. The first-order valence-corrected chi connectivity index (χ1v) is 9.53. The fourth-order valence-corrected chi connectivity index (χ4v) is 2.61. The van der Waals surface area contributed by atoms with Crippen molar-refractivity contribution in [2.45, 2.75) is 9.79 Å². The van der Waals surface area contributed by atoms with Gasteiger partial charge in [0.2, 0.25) is 10.0 Å². The number of nitrogens with zero attached hydrogens (tertiary/aromatic N) is 1. The normalized spacial score (nSPS) is 11.0. The van der Waals surface area contributed by atoms with Gasteiger partial charge in [-0.2, -0.15) is 5.26 Å². The highest BCUT2D eigenvalue weighted by Crippen LogP contribution is 2.14. The Balaban J connectivity index is 0.000000224. The molecular formula is C13H11ClN2O4S2. The standard InChI is InChI=1S/C7H4ClNO2S.C6H7NO2S/c8-12(10,11)7-3-1-6(5-9)2-4-7;7-10(8,9)6-4-2-1-3-5-6/h1-4H;1-5H,(H2,7,8,9). The van der Waals surface area contributed by atoms with Gasteiger partial charge in [-0.15, -0.1) is 0 Å². The molecule has 0 bridgehead atoms. The molecule has 0 saturated carbocycles. The van der Waals surface area contributed by atoms with Crippen LogP contribution in [0.3, 0.4) is 0 Å². The molecule has 116 valence electrons. The van der Waals surface area contributed by atoms with Crippen molar-refractivity contribution in [3.8, 4) is 6.07 Å². The molecule has 0 fully saturated rings. The summed E-state index contributed by atoms with van der Waals surface area (Å²) in [5.41, 5.74) is 0.402. The second-order valence-electron chi connectivity index (χ2n) is 3.93. The van der Waals surface area contributed by atoms with E-state index in [1.165, 1.54) is 36.4 Å². The molecule has 0 unspecified atom stereocenters. The van der Waals surface area contributed by atoms with Crippen LogP contribution >= 0.6 is 10.7 Å². The molecule has 0 heterocycles. The van der Waals surface area contributed by atoms with Gasteiger partial charge >= 0.3 is 0 Å². The summed E-state index contributed by atoms with van der Waals surface area (Å²) in [5.74, 6) is 0. The zero-order chi connectivity index (χ0) is 16.8. The van der Waals surface area contributed by atoms with Crippen molar-refractivity contribution in [2.24, 2.45) is 5.14 Å². The average molecular weight is 359 g/mol. The number of benzene rings is 2. The lowest BCUT2D eigenvalue weighted by atomic mass is 10.2. The summed E-state index contributed by atoms with van der Waals surface area (Å²) in [6.45, 7) is 0. The molecule has 0 aliphatic carbocycles. The van der Waals surface area contributed by atoms with Gasteiger partial charge in [0.05, 0.1) is 21.4 Å². The van der Waals surface area contributed by atoms with Crippen molar-refractivity contribution in [1.82, 2.24) is 0 Å². The van der Waals surface area contributed by atoms with Gasteiger partial charge in [0, 0.05) is 10.7 Å². The second-order valence-corrected chi connectivity index (χ2v) is 8.06. The third kappa shape index (κ3) is 5.83. The SMILES string of the molecule is N#Cc1ccc(S(=O)(=O)Cl)cc1.NS(=O)(=O)c1ccccc1. The van der Waals surface area contributed by atoms with Gasteiger partial charge in [0.1, 0.15) is 0 Å². The molecule has 2 aromatic carbocycles. The average Bonchev–Trinajstić information content (AvgIpc) is 2.47. The van der Waals surface area contributed by atoms with Gasteiger partial charge < -0.3 is 0 Å². The molecular weight excluding hydrogens is 348 g/mol. The smallest absolute Gasteiger partial charge is 0.225 e. The molecule has 0 spiro atoms. The van der Waals surface area contributed by atoms with Crippen LogP contribution in [0.25, 0.3) is 0 Å². The quantitative estimate of drug-likeness (QED) is 0.821. The Morgan fingerprint density at radius 1 is 0.864 bits per heavy atom. The Morgan fingerprint density at radius 2 is 1.36 bits per heavy atom. The number of nitrogens with two attached hydrogens (primary N) is 1. The van der Waals surface area contributed by atoms with Crippen LogP contribution in [-0.2, 0) is 19.1 Å². The Kier molecular flexibility index (Phi) is 6.08. The largest absolute Gasteiger partial charge is 0.261 e. The van der Waals surface area contributed by atoms with Gasteiger partial charge in [0.25, 0.3) is 9.05 Å². The van der Waals surface area contributed by atoms with E-state index >= 15 is 0 Å². The third-order valence-corrected chi connectivity index (χ3v) is 4.64. The highest BCUT2D eigenvalue weighted by atomic mass is 35.7. The predicted molar refractivity (Wildman–Crippen MR) is 82.0 cm³/mol. The summed E-state index contributed by atoms with van der Waals surface area (Å²) >= 11 is 0. The minimum Gasteiger partial charge on any atom is -0.225 e. The van der Waals surface area contributed by atoms with E-state index < -0.39 is 19.1 Å². The van der Waals surface area contributed by atoms with E-state index in [1.807, 2.05) is 6.07 Å². The molecule has 6 nitrogen and oxygen atoms in total. The summed E-state index contributed by atoms with van der Waals surface area (Å²) in [4.78, 5) is 0.151. The van der Waals surface area contributed by atoms with Crippen LogP contribution in [0, 0.1) is 11.3 Å². The number of primary sulfonamides is 1. The van der Waals surface area contributed by atoms with Crippen molar-refractivity contribution in [3.05, 3.63) is 60.2 Å². The molecule has 2 aromatic rings. The zero-order valence-corrected chi connectivity index (χ0v) is 13.4. The van der Waals surface area contributed by atoms with Gasteiger partial charge in [-0.1, -0.05) is 18.2 Å². The van der Waals surface area contributed by atoms with Crippen LogP contribution in [0.5, 0.6) is 0 Å². The number of rotatable bonds is 2. The van der Waals surface area contributed by atoms with E-state index in [-0.39, 0.29) is 9.79 Å². The van der Waals surface area contributed by atoms with Crippen LogP contribution in [0.1, 0.15) is 5.56 Å². The Hall–Kier alpha value is -1.92. The highest BCUT2D eigenvalue weighted by molar-refractivity contribution is 8.13. The summed E-state index contributed by atoms with van der Waals surface area (Å²) in [5, 5.41) is 13.2. The molecule has 0 aromatic heterocycles. The molecule has 22 heavy (non-hydrogen) atoms. The van der Waals surface area contributed by atoms with Crippen molar-refractivity contribution in [3.63, 3.8) is 0 Å². The zero-order valence-electron chi connectivity index (χ0n) is 11.0. The van der Waals surface area contributed by atoms with E-state index in [1.54, 1.807) is 18.2 Å². The monoisotopic (exact) mass is 358 g/mol. The van der Waals surface area contributed by atoms with E-state index in [2.05, 4.69) is 0 Å². The minimum absolute atomic E-state index is 0.00293. The number of hydrogen-bond donors (Lipinski definition) is 1. The number of hydrogen-bond acceptors (Lipinski definition) is 5. The predicted octanol–water partition coefficient (Wildman–Crippen LogP) is 1.82. The van der Waals surface area contributed by atoms with Gasteiger partial charge in [-0.25, -0.2) is 22.0 Å². The van der Waals surface area contributed by atoms with Gasteiger partial charge in [-0.3, -0.25) is 0 Å². The van der Waals surface area contributed by atoms with Crippen molar-refractivity contribution in [1.29, 1.82) is 5.26 Å². The number of halogens is 1. The molecule has 0 amide bonds. The third-order valence-electron chi connectivity index (χ3n) is 2.34. The molecule has 0 saturated heterocycles. The first-order valence-electron chi connectivity index (χ1n) is 5.67. The molecule has 9 heteroatoms. The lowest BCUT2D eigenvalue weighted by Gasteiger charge is -1.93. The van der Waals surface area contributed by atoms with Crippen molar-refractivity contribution >= 4 is 29.8 Å². The Bertz CT molecular complexity index is 872. The molecule has 0 aliphatic rings. The van der Waals surface area contributed by atoms with E-state index in [4.69, 9.17) is 21.1 Å². The maximum absolute atomic E-state index is 10.7. The lowest BCUT2D eigenvalue weighted by molar-refractivity contribution is 0.597. The van der Waals surface area contributed by atoms with Gasteiger partial charge in [0.15, 0.2) is 0 Å². The molecule has 2 rings (SSSR count). The minimum atomic E-state index is -3.66. The Labute approximate surface area is 133 Å². The molecule has 0 aliphatic heterocycles. The van der Waals surface area contributed by atoms with Crippen LogP contribution in [0.4, 0.5) is 0 Å². The summed E-state index contributed by atoms with van der Waals surface area (Å²) in [6.07, 6.45) is 0. The van der Waals surface area contributed by atoms with Crippen LogP contribution in [0.15, 0.2) is 64.4 Å². The van der Waals surface area contributed by atoms with E-state index in [9.17, 15) is 16.8 Å². The molecule has 0 atom stereocenters. The molecule has 2 N–H and O–H groups in total. The maximum atomic E-state index is 10.7. The van der Waals surface area contributed by atoms with Crippen molar-refractivity contribution < 1.29 is 16.8 Å².